The van der Waals surface area contributed by atoms with E-state index in [0.29, 0.717) is 23.8 Å². The third-order valence-electron chi connectivity index (χ3n) is 4.52. The molecule has 1 saturated heterocycles. The highest BCUT2D eigenvalue weighted by atomic mass is 16.5. The Bertz CT molecular complexity index is 911. The summed E-state index contributed by atoms with van der Waals surface area (Å²) in [6.45, 7) is 3.06. The number of pyridine rings is 1. The Morgan fingerprint density at radius 1 is 1.31 bits per heavy atom. The van der Waals surface area contributed by atoms with E-state index in [1.54, 1.807) is 37.6 Å². The predicted molar refractivity (Wildman–Crippen MR) is 92.2 cm³/mol. The third kappa shape index (κ3) is 3.17. The van der Waals surface area contributed by atoms with Gasteiger partial charge in [0.25, 0.3) is 5.91 Å². The average molecular weight is 350 g/mol. The van der Waals surface area contributed by atoms with E-state index in [1.165, 1.54) is 6.33 Å². The molecule has 1 amide bonds. The van der Waals surface area contributed by atoms with Crippen molar-refractivity contribution in [2.75, 3.05) is 13.1 Å². The maximum Gasteiger partial charge on any atom is 0.255 e. The number of aryl methyl sites for hydroxylation is 1. The fourth-order valence-electron chi connectivity index (χ4n) is 3.30. The molecule has 0 aliphatic carbocycles. The summed E-state index contributed by atoms with van der Waals surface area (Å²) >= 11 is 0. The van der Waals surface area contributed by atoms with Crippen LogP contribution in [0.4, 0.5) is 0 Å². The van der Waals surface area contributed by atoms with Crippen LogP contribution in [0, 0.1) is 6.92 Å². The lowest BCUT2D eigenvalue weighted by Gasteiger charge is -2.33. The van der Waals surface area contributed by atoms with Crippen LogP contribution in [0.15, 0.2) is 41.6 Å². The van der Waals surface area contributed by atoms with Gasteiger partial charge in [0.15, 0.2) is 0 Å². The molecule has 3 aromatic heterocycles. The standard InChI is InChI=1S/C18H18N6O2/c1-12-22-17(23-26-12)15-9-20-11-21-16(15)14-5-3-7-24(10-14)18(25)13-4-2-6-19-8-13/h2,4,6,8-9,11,14H,3,5,7,10H2,1H3/t14-/m1/s1. The number of nitrogens with zero attached hydrogens (tertiary/aromatic N) is 6. The molecule has 0 saturated carbocycles. The number of rotatable bonds is 3. The van der Waals surface area contributed by atoms with Crippen LogP contribution in [0.1, 0.15) is 40.7 Å². The molecule has 0 spiro atoms. The number of likely N-dealkylation sites (tertiary alicyclic amines) is 1. The minimum Gasteiger partial charge on any atom is -0.339 e. The van der Waals surface area contributed by atoms with Crippen LogP contribution >= 0.6 is 0 Å². The maximum atomic E-state index is 12.7. The topological polar surface area (TPSA) is 97.9 Å². The molecular formula is C18H18N6O2. The molecule has 1 fully saturated rings. The molecule has 26 heavy (non-hydrogen) atoms. The van der Waals surface area contributed by atoms with Crippen molar-refractivity contribution in [1.82, 2.24) is 30.0 Å². The number of carbonyl (C=O) groups is 1. The minimum atomic E-state index is -0.00573. The van der Waals surface area contributed by atoms with Crippen molar-refractivity contribution in [3.63, 3.8) is 0 Å². The van der Waals surface area contributed by atoms with Gasteiger partial charge in [-0.15, -0.1) is 0 Å². The molecule has 4 heterocycles. The van der Waals surface area contributed by atoms with Crippen molar-refractivity contribution in [3.8, 4) is 11.4 Å². The summed E-state index contributed by atoms with van der Waals surface area (Å²) in [6.07, 6.45) is 8.34. The second-order valence-electron chi connectivity index (χ2n) is 6.29. The van der Waals surface area contributed by atoms with Crippen molar-refractivity contribution in [2.24, 2.45) is 0 Å². The smallest absolute Gasteiger partial charge is 0.255 e. The minimum absolute atomic E-state index is 0.00573. The summed E-state index contributed by atoms with van der Waals surface area (Å²) in [7, 11) is 0. The lowest BCUT2D eigenvalue weighted by molar-refractivity contribution is 0.0705. The van der Waals surface area contributed by atoms with E-state index in [-0.39, 0.29) is 11.8 Å². The first kappa shape index (κ1) is 16.3. The Hall–Kier alpha value is -3.16. The highest BCUT2D eigenvalue weighted by molar-refractivity contribution is 5.94. The zero-order chi connectivity index (χ0) is 17.9. The van der Waals surface area contributed by atoms with Gasteiger partial charge in [-0.2, -0.15) is 4.98 Å². The first-order chi connectivity index (χ1) is 12.7. The Labute approximate surface area is 150 Å². The number of carbonyl (C=O) groups excluding carboxylic acids is 1. The normalized spacial score (nSPS) is 17.3. The fraction of sp³-hybridized carbons (Fsp3) is 0.333. The third-order valence-corrected chi connectivity index (χ3v) is 4.52. The van der Waals surface area contributed by atoms with Crippen LogP contribution < -0.4 is 0 Å². The van der Waals surface area contributed by atoms with Gasteiger partial charge >= 0.3 is 0 Å². The molecule has 1 aliphatic rings. The molecule has 0 radical (unpaired) electrons. The van der Waals surface area contributed by atoms with Gasteiger partial charge in [-0.1, -0.05) is 5.16 Å². The van der Waals surface area contributed by atoms with E-state index in [0.717, 1.165) is 30.6 Å². The lowest BCUT2D eigenvalue weighted by atomic mass is 9.91. The molecule has 0 N–H and O–H groups in total. The van der Waals surface area contributed by atoms with Gasteiger partial charge in [0.2, 0.25) is 11.7 Å². The Balaban J connectivity index is 1.60. The molecule has 1 atom stereocenters. The van der Waals surface area contributed by atoms with E-state index in [9.17, 15) is 4.79 Å². The SMILES string of the molecule is Cc1nc(-c2cncnc2[C@@H]2CCCN(C(=O)c3cccnc3)C2)no1. The lowest BCUT2D eigenvalue weighted by Crippen LogP contribution is -2.39. The number of hydrogen-bond donors (Lipinski definition) is 0. The number of piperidine rings is 1. The van der Waals surface area contributed by atoms with Gasteiger partial charge in [0.05, 0.1) is 16.8 Å². The van der Waals surface area contributed by atoms with Gasteiger partial charge in [0.1, 0.15) is 6.33 Å². The summed E-state index contributed by atoms with van der Waals surface area (Å²) in [4.78, 5) is 31.5. The number of hydrogen-bond acceptors (Lipinski definition) is 7. The first-order valence-corrected chi connectivity index (χ1v) is 8.52. The Kier molecular flexibility index (Phi) is 4.39. The fourth-order valence-corrected chi connectivity index (χ4v) is 3.30. The Morgan fingerprint density at radius 2 is 2.23 bits per heavy atom. The molecule has 4 rings (SSSR count). The molecule has 132 valence electrons. The number of amides is 1. The summed E-state index contributed by atoms with van der Waals surface area (Å²) < 4.78 is 5.09. The predicted octanol–water partition coefficient (Wildman–Crippen LogP) is 2.25. The summed E-state index contributed by atoms with van der Waals surface area (Å²) in [6, 6.07) is 3.56. The summed E-state index contributed by atoms with van der Waals surface area (Å²) in [5.74, 6) is 1.07. The van der Waals surface area contributed by atoms with Crippen LogP contribution in [0.3, 0.4) is 0 Å². The van der Waals surface area contributed by atoms with Crippen LogP contribution in [-0.2, 0) is 0 Å². The largest absolute Gasteiger partial charge is 0.339 e. The quantitative estimate of drug-likeness (QED) is 0.714. The van der Waals surface area contributed by atoms with Crippen LogP contribution in [0.25, 0.3) is 11.4 Å². The molecule has 8 heteroatoms. The summed E-state index contributed by atoms with van der Waals surface area (Å²) in [5.41, 5.74) is 2.21. The second-order valence-corrected chi connectivity index (χ2v) is 6.29. The van der Waals surface area contributed by atoms with Gasteiger partial charge in [-0.05, 0) is 25.0 Å². The molecule has 1 aliphatic heterocycles. The van der Waals surface area contributed by atoms with Crippen molar-refractivity contribution < 1.29 is 9.32 Å². The highest BCUT2D eigenvalue weighted by Gasteiger charge is 2.29. The van der Waals surface area contributed by atoms with Gasteiger partial charge in [0, 0.05) is 44.5 Å². The van der Waals surface area contributed by atoms with E-state index in [1.807, 2.05) is 4.90 Å². The average Bonchev–Trinajstić information content (AvgIpc) is 3.14. The van der Waals surface area contributed by atoms with E-state index in [2.05, 4.69) is 25.1 Å². The van der Waals surface area contributed by atoms with E-state index < -0.39 is 0 Å². The maximum absolute atomic E-state index is 12.7. The van der Waals surface area contributed by atoms with Crippen molar-refractivity contribution >= 4 is 5.91 Å². The van der Waals surface area contributed by atoms with Crippen molar-refractivity contribution in [2.45, 2.75) is 25.7 Å². The first-order valence-electron chi connectivity index (χ1n) is 8.52. The molecule has 0 unspecified atom stereocenters. The molecule has 0 aromatic carbocycles. The molecule has 8 nitrogen and oxygen atoms in total. The van der Waals surface area contributed by atoms with E-state index in [4.69, 9.17) is 4.52 Å². The summed E-state index contributed by atoms with van der Waals surface area (Å²) in [5, 5.41) is 3.99. The second kappa shape index (κ2) is 6.99. The molecule has 3 aromatic rings. The van der Waals surface area contributed by atoms with Crippen LogP contribution in [0.2, 0.25) is 0 Å². The van der Waals surface area contributed by atoms with Gasteiger partial charge < -0.3 is 9.42 Å². The zero-order valence-electron chi connectivity index (χ0n) is 14.4. The molecule has 0 bridgehead atoms. The van der Waals surface area contributed by atoms with Gasteiger partial charge in [-0.3, -0.25) is 9.78 Å². The van der Waals surface area contributed by atoms with E-state index >= 15 is 0 Å². The number of aromatic nitrogens is 5. The molecular weight excluding hydrogens is 332 g/mol. The van der Waals surface area contributed by atoms with Crippen molar-refractivity contribution in [1.29, 1.82) is 0 Å². The van der Waals surface area contributed by atoms with Crippen molar-refractivity contribution in [3.05, 3.63) is 54.2 Å². The van der Waals surface area contributed by atoms with Gasteiger partial charge in [-0.25, -0.2) is 9.97 Å². The van der Waals surface area contributed by atoms with Crippen LogP contribution in [-0.4, -0.2) is 49.0 Å². The Morgan fingerprint density at radius 3 is 3.00 bits per heavy atom. The zero-order valence-corrected chi connectivity index (χ0v) is 14.4. The highest BCUT2D eigenvalue weighted by Crippen LogP contribution is 2.31. The van der Waals surface area contributed by atoms with Crippen LogP contribution in [0.5, 0.6) is 0 Å². The monoisotopic (exact) mass is 350 g/mol.